The summed E-state index contributed by atoms with van der Waals surface area (Å²) in [6.07, 6.45) is 3.84. The second-order valence-corrected chi connectivity index (χ2v) is 6.68. The van der Waals surface area contributed by atoms with Crippen LogP contribution < -0.4 is 0 Å². The summed E-state index contributed by atoms with van der Waals surface area (Å²) in [6, 6.07) is 0. The van der Waals surface area contributed by atoms with Gasteiger partial charge in [0, 0.05) is 13.0 Å². The van der Waals surface area contributed by atoms with E-state index in [-0.39, 0.29) is 5.41 Å². The van der Waals surface area contributed by atoms with Crippen LogP contribution in [-0.2, 0) is 19.4 Å². The second kappa shape index (κ2) is 4.64. The average molecular weight is 315 g/mol. The van der Waals surface area contributed by atoms with Crippen LogP contribution in [0.5, 0.6) is 0 Å². The van der Waals surface area contributed by atoms with Gasteiger partial charge in [0.25, 0.3) is 0 Å². The second-order valence-electron chi connectivity index (χ2n) is 5.89. The maximum Gasteiger partial charge on any atom is 0.0766 e. The summed E-state index contributed by atoms with van der Waals surface area (Å²) in [5, 5.41) is 15.3. The van der Waals surface area contributed by atoms with E-state index in [1.165, 1.54) is 0 Å². The number of aliphatic hydroxyl groups is 1. The third-order valence-electron chi connectivity index (χ3n) is 4.51. The molecule has 1 aromatic heterocycles. The number of aromatic nitrogens is 2. The largest absolute Gasteiger partial charge is 0.389 e. The van der Waals surface area contributed by atoms with Crippen LogP contribution in [0.15, 0.2) is 4.47 Å². The monoisotopic (exact) mass is 314 g/mol. The standard InChI is InChI=1S/C14H23BrN2O/c1-5-10-12(15)11(17(6-2)16-10)9-14(4,18)13(3)7-8-13/h18H,5-9H2,1-4H3. The van der Waals surface area contributed by atoms with Crippen molar-refractivity contribution in [3.05, 3.63) is 15.9 Å². The lowest BCUT2D eigenvalue weighted by Crippen LogP contribution is -2.37. The molecule has 18 heavy (non-hydrogen) atoms. The topological polar surface area (TPSA) is 38.0 Å². The highest BCUT2D eigenvalue weighted by molar-refractivity contribution is 9.10. The Morgan fingerprint density at radius 1 is 1.44 bits per heavy atom. The molecule has 1 saturated carbocycles. The van der Waals surface area contributed by atoms with Crippen LogP contribution in [0, 0.1) is 5.41 Å². The molecule has 2 rings (SSSR count). The molecule has 0 radical (unpaired) electrons. The molecule has 1 aromatic rings. The Kier molecular flexibility index (Phi) is 3.63. The first-order valence-corrected chi connectivity index (χ1v) is 7.60. The Bertz CT molecular complexity index is 447. The zero-order valence-electron chi connectivity index (χ0n) is 11.8. The Balaban J connectivity index is 2.31. The van der Waals surface area contributed by atoms with Gasteiger partial charge in [-0.05, 0) is 54.5 Å². The summed E-state index contributed by atoms with van der Waals surface area (Å²) in [4.78, 5) is 0. The summed E-state index contributed by atoms with van der Waals surface area (Å²) >= 11 is 3.65. The fourth-order valence-corrected chi connectivity index (χ4v) is 3.16. The number of nitrogens with zero attached hydrogens (tertiary/aromatic N) is 2. The molecule has 4 heteroatoms. The number of rotatable bonds is 5. The van der Waals surface area contributed by atoms with Crippen molar-refractivity contribution in [2.75, 3.05) is 0 Å². The van der Waals surface area contributed by atoms with E-state index in [1.807, 2.05) is 11.6 Å². The van der Waals surface area contributed by atoms with Crippen molar-refractivity contribution in [3.8, 4) is 0 Å². The van der Waals surface area contributed by atoms with E-state index < -0.39 is 5.60 Å². The Labute approximate surface area is 118 Å². The van der Waals surface area contributed by atoms with Crippen molar-refractivity contribution >= 4 is 15.9 Å². The van der Waals surface area contributed by atoms with Crippen molar-refractivity contribution in [3.63, 3.8) is 0 Å². The van der Waals surface area contributed by atoms with Gasteiger partial charge in [-0.2, -0.15) is 5.10 Å². The van der Waals surface area contributed by atoms with Crippen molar-refractivity contribution in [1.82, 2.24) is 9.78 Å². The average Bonchev–Trinajstić information content (AvgIpc) is 3.01. The van der Waals surface area contributed by atoms with Crippen molar-refractivity contribution in [2.45, 2.75) is 65.5 Å². The molecule has 1 heterocycles. The lowest BCUT2D eigenvalue weighted by Gasteiger charge is -2.30. The van der Waals surface area contributed by atoms with Gasteiger partial charge in [-0.3, -0.25) is 4.68 Å². The van der Waals surface area contributed by atoms with Crippen LogP contribution in [0.4, 0.5) is 0 Å². The van der Waals surface area contributed by atoms with E-state index in [4.69, 9.17) is 0 Å². The lowest BCUT2D eigenvalue weighted by atomic mass is 9.83. The van der Waals surface area contributed by atoms with Gasteiger partial charge in [-0.15, -0.1) is 0 Å². The van der Waals surface area contributed by atoms with Crippen LogP contribution in [0.2, 0.25) is 0 Å². The molecule has 1 atom stereocenters. The Morgan fingerprint density at radius 2 is 2.06 bits per heavy atom. The molecule has 1 fully saturated rings. The van der Waals surface area contributed by atoms with Crippen LogP contribution in [0.1, 0.15) is 51.9 Å². The maximum atomic E-state index is 10.7. The number of halogens is 1. The summed E-state index contributed by atoms with van der Waals surface area (Å²) in [6.45, 7) is 9.19. The van der Waals surface area contributed by atoms with Gasteiger partial charge in [0.2, 0.25) is 0 Å². The summed E-state index contributed by atoms with van der Waals surface area (Å²) < 4.78 is 3.10. The van der Waals surface area contributed by atoms with E-state index in [0.29, 0.717) is 6.42 Å². The molecule has 1 aliphatic rings. The minimum absolute atomic E-state index is 0.0850. The van der Waals surface area contributed by atoms with Gasteiger partial charge >= 0.3 is 0 Å². The Morgan fingerprint density at radius 3 is 2.50 bits per heavy atom. The van der Waals surface area contributed by atoms with Crippen molar-refractivity contribution in [2.24, 2.45) is 5.41 Å². The molecule has 0 aliphatic heterocycles. The molecule has 0 spiro atoms. The maximum absolute atomic E-state index is 10.7. The van der Waals surface area contributed by atoms with Crippen LogP contribution in [-0.4, -0.2) is 20.5 Å². The molecule has 1 aliphatic carbocycles. The molecular weight excluding hydrogens is 292 g/mol. The summed E-state index contributed by atoms with van der Waals surface area (Å²) in [7, 11) is 0. The minimum Gasteiger partial charge on any atom is -0.389 e. The molecule has 1 unspecified atom stereocenters. The van der Waals surface area contributed by atoms with Gasteiger partial charge in [-0.1, -0.05) is 13.8 Å². The van der Waals surface area contributed by atoms with Crippen LogP contribution >= 0.6 is 15.9 Å². The third kappa shape index (κ3) is 2.25. The third-order valence-corrected chi connectivity index (χ3v) is 5.42. The normalized spacial score (nSPS) is 20.8. The highest BCUT2D eigenvalue weighted by Gasteiger charge is 2.52. The lowest BCUT2D eigenvalue weighted by molar-refractivity contribution is -0.00883. The van der Waals surface area contributed by atoms with Crippen LogP contribution in [0.25, 0.3) is 0 Å². The van der Waals surface area contributed by atoms with Gasteiger partial charge < -0.3 is 5.11 Å². The van der Waals surface area contributed by atoms with E-state index in [0.717, 1.165) is 41.7 Å². The summed E-state index contributed by atoms with van der Waals surface area (Å²) in [5.41, 5.74) is 1.66. The molecule has 102 valence electrons. The van der Waals surface area contributed by atoms with Gasteiger partial charge in [0.05, 0.1) is 21.5 Å². The molecular formula is C14H23BrN2O. The molecule has 0 amide bonds. The van der Waals surface area contributed by atoms with Gasteiger partial charge in [0.1, 0.15) is 0 Å². The van der Waals surface area contributed by atoms with Crippen molar-refractivity contribution in [1.29, 1.82) is 0 Å². The van der Waals surface area contributed by atoms with Gasteiger partial charge in [-0.25, -0.2) is 0 Å². The SMILES string of the molecule is CCc1nn(CC)c(CC(C)(O)C2(C)CC2)c1Br. The number of aryl methyl sites for hydroxylation is 2. The molecule has 1 N–H and O–H groups in total. The first kappa shape index (κ1) is 14.1. The van der Waals surface area contributed by atoms with E-state index >= 15 is 0 Å². The zero-order chi connectivity index (χ0) is 13.6. The number of hydrogen-bond acceptors (Lipinski definition) is 2. The minimum atomic E-state index is -0.645. The number of hydrogen-bond donors (Lipinski definition) is 1. The smallest absolute Gasteiger partial charge is 0.0766 e. The summed E-state index contributed by atoms with van der Waals surface area (Å²) in [5.74, 6) is 0. The fourth-order valence-electron chi connectivity index (χ4n) is 2.45. The van der Waals surface area contributed by atoms with Gasteiger partial charge in [0.15, 0.2) is 0 Å². The van der Waals surface area contributed by atoms with E-state index in [9.17, 15) is 5.11 Å². The fraction of sp³-hybridized carbons (Fsp3) is 0.786. The molecule has 0 aromatic carbocycles. The highest BCUT2D eigenvalue weighted by atomic mass is 79.9. The van der Waals surface area contributed by atoms with E-state index in [1.54, 1.807) is 0 Å². The van der Waals surface area contributed by atoms with E-state index in [2.05, 4.69) is 41.8 Å². The molecule has 0 bridgehead atoms. The quantitative estimate of drug-likeness (QED) is 0.905. The molecule has 0 saturated heterocycles. The Hall–Kier alpha value is -0.350. The molecule has 3 nitrogen and oxygen atoms in total. The highest BCUT2D eigenvalue weighted by Crippen LogP contribution is 2.54. The zero-order valence-corrected chi connectivity index (χ0v) is 13.3. The first-order valence-electron chi connectivity index (χ1n) is 6.81. The predicted octanol–water partition coefficient (Wildman–Crippen LogP) is 3.32. The van der Waals surface area contributed by atoms with Crippen LogP contribution in [0.3, 0.4) is 0 Å². The first-order chi connectivity index (χ1) is 8.34. The predicted molar refractivity (Wildman–Crippen MR) is 76.6 cm³/mol. The van der Waals surface area contributed by atoms with Crippen molar-refractivity contribution < 1.29 is 5.11 Å².